The van der Waals surface area contributed by atoms with Crippen molar-refractivity contribution >= 4 is 38.6 Å². The topological polar surface area (TPSA) is 120 Å². The summed E-state index contributed by atoms with van der Waals surface area (Å²) in [5.74, 6) is -2.60. The van der Waals surface area contributed by atoms with Gasteiger partial charge in [0.05, 0.1) is 10.6 Å². The van der Waals surface area contributed by atoms with E-state index in [1.165, 1.54) is 67.3 Å². The third kappa shape index (κ3) is 4.71. The van der Waals surface area contributed by atoms with Crippen molar-refractivity contribution < 1.29 is 31.5 Å². The minimum Gasteiger partial charge on any atom is -0.454 e. The fourth-order valence-corrected chi connectivity index (χ4v) is 6.40. The van der Waals surface area contributed by atoms with Gasteiger partial charge in [0.2, 0.25) is 0 Å². The number of benzene rings is 3. The fraction of sp³-hybridized carbons (Fsp3) is 0.129. The van der Waals surface area contributed by atoms with Crippen LogP contribution in [0.5, 0.6) is 11.5 Å². The second kappa shape index (κ2) is 10.5. The van der Waals surface area contributed by atoms with E-state index in [0.717, 1.165) is 26.6 Å². The maximum atomic E-state index is 14.6. The first-order chi connectivity index (χ1) is 20.9. The van der Waals surface area contributed by atoms with Crippen molar-refractivity contribution in [3.05, 3.63) is 107 Å². The van der Waals surface area contributed by atoms with E-state index in [9.17, 15) is 31.6 Å². The minimum absolute atomic E-state index is 0.0217. The zero-order valence-corrected chi connectivity index (χ0v) is 24.4. The predicted octanol–water partition coefficient (Wildman–Crippen LogP) is 5.07. The molecule has 1 unspecified atom stereocenters. The van der Waals surface area contributed by atoms with Crippen molar-refractivity contribution in [1.29, 1.82) is 0 Å². The second-order valence-electron chi connectivity index (χ2n) is 10.4. The molecule has 1 saturated heterocycles. The summed E-state index contributed by atoms with van der Waals surface area (Å²) in [5.41, 5.74) is 0.683. The number of urea groups is 1. The van der Waals surface area contributed by atoms with Gasteiger partial charge in [0, 0.05) is 42.0 Å². The molecule has 0 saturated carbocycles. The molecule has 13 heteroatoms. The summed E-state index contributed by atoms with van der Waals surface area (Å²) in [6, 6.07) is 13.2. The Hall–Kier alpha value is -5.30. The van der Waals surface area contributed by atoms with Gasteiger partial charge in [-0.3, -0.25) is 9.59 Å². The molecule has 1 N–H and O–H groups in total. The van der Waals surface area contributed by atoms with Gasteiger partial charge in [-0.05, 0) is 62.4 Å². The molecule has 1 aliphatic rings. The third-order valence-corrected chi connectivity index (χ3v) is 9.02. The van der Waals surface area contributed by atoms with Gasteiger partial charge in [-0.1, -0.05) is 17.7 Å². The number of ether oxygens (including phenoxy) is 1. The summed E-state index contributed by atoms with van der Waals surface area (Å²) in [5, 5.41) is 2.74. The summed E-state index contributed by atoms with van der Waals surface area (Å²) >= 11 is 0. The molecule has 1 aliphatic heterocycles. The van der Waals surface area contributed by atoms with Crippen LogP contribution < -0.4 is 20.5 Å². The number of rotatable bonds is 6. The van der Waals surface area contributed by atoms with Crippen LogP contribution in [-0.2, 0) is 21.9 Å². The average Bonchev–Trinajstić information content (AvgIpc) is 3.54. The number of nitrogens with one attached hydrogen (secondary N) is 1. The van der Waals surface area contributed by atoms with Crippen LogP contribution in [0.2, 0.25) is 0 Å². The predicted molar refractivity (Wildman–Crippen MR) is 158 cm³/mol. The zero-order chi connectivity index (χ0) is 31.5. The molecule has 0 spiro atoms. The normalized spacial score (nSPS) is 15.2. The van der Waals surface area contributed by atoms with E-state index >= 15 is 0 Å². The molecule has 10 nitrogen and oxygen atoms in total. The number of carbonyl (C=O) groups excluding carboxylic acids is 2. The fourth-order valence-electron chi connectivity index (χ4n) is 5.05. The van der Waals surface area contributed by atoms with Crippen molar-refractivity contribution in [3.63, 3.8) is 0 Å². The molecule has 0 aliphatic carbocycles. The van der Waals surface area contributed by atoms with E-state index in [1.807, 2.05) is 6.92 Å². The zero-order valence-electron chi connectivity index (χ0n) is 23.5. The highest BCUT2D eigenvalue weighted by atomic mass is 32.2. The van der Waals surface area contributed by atoms with Gasteiger partial charge in [-0.2, -0.15) is 0 Å². The Labute approximate surface area is 249 Å². The number of pyridine rings is 1. The van der Waals surface area contributed by atoms with Gasteiger partial charge in [0.15, 0.2) is 11.6 Å². The molecular formula is C31H24F2N4O6S. The highest BCUT2D eigenvalue weighted by Crippen LogP contribution is 2.40. The van der Waals surface area contributed by atoms with Crippen LogP contribution >= 0.6 is 0 Å². The monoisotopic (exact) mass is 618 g/mol. The number of amides is 3. The van der Waals surface area contributed by atoms with Gasteiger partial charge >= 0.3 is 6.03 Å². The van der Waals surface area contributed by atoms with E-state index in [1.54, 1.807) is 12.1 Å². The molecule has 5 aromatic rings. The molecule has 1 atom stereocenters. The molecule has 3 aromatic carbocycles. The molecular weight excluding hydrogens is 594 g/mol. The van der Waals surface area contributed by atoms with Crippen molar-refractivity contribution in [1.82, 2.24) is 13.9 Å². The lowest BCUT2D eigenvalue weighted by atomic mass is 10.0. The van der Waals surface area contributed by atoms with E-state index in [-0.39, 0.29) is 44.1 Å². The van der Waals surface area contributed by atoms with Crippen LogP contribution in [0.25, 0.3) is 22.0 Å². The SMILES string of the molecule is Cc1ccc(S(=O)(=O)n2ccc3c(-c4cc(N5C(=O)NC(C)C5=O)ccc4Oc4ccc(F)cc4F)cn(C)c(=O)c32)cc1. The van der Waals surface area contributed by atoms with Crippen LogP contribution in [-0.4, -0.2) is 34.9 Å². The number of halogens is 2. The molecule has 224 valence electrons. The number of hydrogen-bond acceptors (Lipinski definition) is 6. The Morgan fingerprint density at radius 2 is 1.59 bits per heavy atom. The second-order valence-corrected chi connectivity index (χ2v) is 12.2. The first-order valence-electron chi connectivity index (χ1n) is 13.3. The summed E-state index contributed by atoms with van der Waals surface area (Å²) in [4.78, 5) is 39.8. The van der Waals surface area contributed by atoms with Crippen LogP contribution in [0, 0.1) is 18.6 Å². The van der Waals surface area contributed by atoms with Gasteiger partial charge in [-0.25, -0.2) is 30.9 Å². The van der Waals surface area contributed by atoms with E-state index in [2.05, 4.69) is 5.32 Å². The largest absolute Gasteiger partial charge is 0.454 e. The Balaban J connectivity index is 1.59. The minimum atomic E-state index is -4.21. The van der Waals surface area contributed by atoms with Crippen LogP contribution in [0.1, 0.15) is 12.5 Å². The lowest BCUT2D eigenvalue weighted by Gasteiger charge is -2.18. The Kier molecular flexibility index (Phi) is 6.84. The number of aromatic nitrogens is 2. The smallest absolute Gasteiger partial charge is 0.329 e. The van der Waals surface area contributed by atoms with Gasteiger partial charge in [0.25, 0.3) is 21.5 Å². The summed E-state index contributed by atoms with van der Waals surface area (Å²) < 4.78 is 63.5. The van der Waals surface area contributed by atoms with Crippen molar-refractivity contribution in [2.45, 2.75) is 24.8 Å². The number of hydrogen-bond donors (Lipinski definition) is 1. The number of anilines is 1. The van der Waals surface area contributed by atoms with Crippen molar-refractivity contribution in [2.75, 3.05) is 4.90 Å². The third-order valence-electron chi connectivity index (χ3n) is 7.32. The highest BCUT2D eigenvalue weighted by molar-refractivity contribution is 7.90. The molecule has 44 heavy (non-hydrogen) atoms. The number of nitrogens with zero attached hydrogens (tertiary/aromatic N) is 3. The van der Waals surface area contributed by atoms with Crippen molar-refractivity contribution in [3.8, 4) is 22.6 Å². The van der Waals surface area contributed by atoms with Crippen LogP contribution in [0.3, 0.4) is 0 Å². The number of aryl methyl sites for hydroxylation is 2. The molecule has 0 bridgehead atoms. The van der Waals surface area contributed by atoms with Gasteiger partial charge < -0.3 is 14.6 Å². The molecule has 3 amide bonds. The molecule has 2 aromatic heterocycles. The maximum Gasteiger partial charge on any atom is 0.329 e. The number of carbonyl (C=O) groups is 2. The van der Waals surface area contributed by atoms with Gasteiger partial charge in [-0.15, -0.1) is 0 Å². The molecule has 3 heterocycles. The summed E-state index contributed by atoms with van der Waals surface area (Å²) in [6.07, 6.45) is 2.70. The Morgan fingerprint density at radius 1 is 0.886 bits per heavy atom. The summed E-state index contributed by atoms with van der Waals surface area (Å²) in [7, 11) is -2.77. The number of imide groups is 1. The number of fused-ring (bicyclic) bond motifs is 1. The summed E-state index contributed by atoms with van der Waals surface area (Å²) in [6.45, 7) is 3.35. The van der Waals surface area contributed by atoms with Gasteiger partial charge in [0.1, 0.15) is 23.1 Å². The van der Waals surface area contributed by atoms with E-state index < -0.39 is 45.2 Å². The van der Waals surface area contributed by atoms with Crippen molar-refractivity contribution in [2.24, 2.45) is 7.05 Å². The molecule has 6 rings (SSSR count). The standard InChI is InChI=1S/C31H24F2N4O6S/c1-17-4-8-21(9-5-17)44(41,42)36-13-12-22-24(16-35(3)30(39)28(22)36)23-15-20(37-29(38)18(2)34-31(37)40)7-11-26(23)43-27-10-6-19(32)14-25(27)33/h4-16,18H,1-3H3,(H,34,40). The molecule has 1 fully saturated rings. The van der Waals surface area contributed by atoms with E-state index in [4.69, 9.17) is 4.74 Å². The first kappa shape index (κ1) is 28.8. The lowest BCUT2D eigenvalue weighted by Crippen LogP contribution is -2.30. The average molecular weight is 619 g/mol. The Bertz CT molecular complexity index is 2170. The first-order valence-corrected chi connectivity index (χ1v) is 14.8. The Morgan fingerprint density at radius 3 is 2.25 bits per heavy atom. The highest BCUT2D eigenvalue weighted by Gasteiger charge is 2.36. The molecule has 0 radical (unpaired) electrons. The maximum absolute atomic E-state index is 14.6. The van der Waals surface area contributed by atoms with E-state index in [0.29, 0.717) is 6.07 Å². The quantitative estimate of drug-likeness (QED) is 0.266. The lowest BCUT2D eigenvalue weighted by molar-refractivity contribution is -0.117. The van der Waals surface area contributed by atoms with Crippen LogP contribution in [0.15, 0.2) is 88.8 Å². The van der Waals surface area contributed by atoms with Crippen LogP contribution in [0.4, 0.5) is 19.3 Å².